The maximum Gasteiger partial charge on any atom is 0.165 e. The lowest BCUT2D eigenvalue weighted by Crippen LogP contribution is -2.13. The van der Waals surface area contributed by atoms with E-state index in [1.165, 1.54) is 24.1 Å². The van der Waals surface area contributed by atoms with Gasteiger partial charge in [-0.05, 0) is 38.7 Å². The average Bonchev–Trinajstić information content (AvgIpc) is 2.93. The molecule has 4 nitrogen and oxygen atoms in total. The molecule has 0 saturated heterocycles. The Balaban J connectivity index is 2.09. The highest BCUT2D eigenvalue weighted by Gasteiger charge is 2.18. The van der Waals surface area contributed by atoms with Gasteiger partial charge < -0.3 is 9.73 Å². The van der Waals surface area contributed by atoms with Crippen LogP contribution in [-0.4, -0.2) is 16.5 Å². The van der Waals surface area contributed by atoms with E-state index >= 15 is 0 Å². The van der Waals surface area contributed by atoms with E-state index in [2.05, 4.69) is 22.2 Å². The number of rotatable bonds is 3. The van der Waals surface area contributed by atoms with Crippen LogP contribution in [0.2, 0.25) is 0 Å². The second-order valence-corrected chi connectivity index (χ2v) is 4.57. The van der Waals surface area contributed by atoms with Crippen LogP contribution in [0, 0.1) is 0 Å². The highest BCUT2D eigenvalue weighted by molar-refractivity contribution is 5.59. The standard InChI is InChI=1S/C14H17N3O/c1-2-15-14-11-5-3-4-6-12(11)16-13(17-14)10-7-8-18-9-10/h7-9H,2-6H2,1H3,(H,15,16,17). The van der Waals surface area contributed by atoms with Crippen molar-refractivity contribution in [3.05, 3.63) is 29.9 Å². The summed E-state index contributed by atoms with van der Waals surface area (Å²) in [7, 11) is 0. The summed E-state index contributed by atoms with van der Waals surface area (Å²) in [6.07, 6.45) is 7.95. The van der Waals surface area contributed by atoms with Crippen LogP contribution < -0.4 is 5.32 Å². The van der Waals surface area contributed by atoms with E-state index in [1.54, 1.807) is 12.5 Å². The first kappa shape index (κ1) is 11.3. The number of furan rings is 1. The van der Waals surface area contributed by atoms with Gasteiger partial charge in [0.25, 0.3) is 0 Å². The van der Waals surface area contributed by atoms with Crippen molar-refractivity contribution in [2.75, 3.05) is 11.9 Å². The molecule has 0 atom stereocenters. The van der Waals surface area contributed by atoms with Gasteiger partial charge in [0.1, 0.15) is 12.1 Å². The van der Waals surface area contributed by atoms with Crippen LogP contribution >= 0.6 is 0 Å². The van der Waals surface area contributed by atoms with E-state index in [0.29, 0.717) is 0 Å². The summed E-state index contributed by atoms with van der Waals surface area (Å²) >= 11 is 0. The first-order valence-corrected chi connectivity index (χ1v) is 6.54. The van der Waals surface area contributed by atoms with Crippen molar-refractivity contribution in [2.24, 2.45) is 0 Å². The first-order chi connectivity index (χ1) is 8.88. The Morgan fingerprint density at radius 2 is 2.17 bits per heavy atom. The largest absolute Gasteiger partial charge is 0.472 e. The zero-order chi connectivity index (χ0) is 12.4. The van der Waals surface area contributed by atoms with Crippen LogP contribution in [0.1, 0.15) is 31.0 Å². The molecular formula is C14H17N3O. The van der Waals surface area contributed by atoms with Crippen molar-refractivity contribution >= 4 is 5.82 Å². The molecule has 2 aromatic heterocycles. The lowest BCUT2D eigenvalue weighted by Gasteiger charge is -2.19. The fourth-order valence-corrected chi connectivity index (χ4v) is 2.43. The number of hydrogen-bond donors (Lipinski definition) is 1. The highest BCUT2D eigenvalue weighted by atomic mass is 16.3. The van der Waals surface area contributed by atoms with Gasteiger partial charge in [0.2, 0.25) is 0 Å². The van der Waals surface area contributed by atoms with Gasteiger partial charge in [-0.1, -0.05) is 0 Å². The van der Waals surface area contributed by atoms with Crippen LogP contribution in [-0.2, 0) is 12.8 Å². The molecule has 1 aliphatic carbocycles. The number of aryl methyl sites for hydroxylation is 1. The van der Waals surface area contributed by atoms with Gasteiger partial charge in [-0.25, -0.2) is 9.97 Å². The van der Waals surface area contributed by atoms with Crippen molar-refractivity contribution in [1.82, 2.24) is 9.97 Å². The van der Waals surface area contributed by atoms with E-state index in [1.807, 2.05) is 6.07 Å². The second kappa shape index (κ2) is 4.80. The molecule has 94 valence electrons. The molecule has 18 heavy (non-hydrogen) atoms. The van der Waals surface area contributed by atoms with E-state index < -0.39 is 0 Å². The molecule has 0 saturated carbocycles. The summed E-state index contributed by atoms with van der Waals surface area (Å²) in [5, 5.41) is 3.36. The third-order valence-corrected chi connectivity index (χ3v) is 3.31. The first-order valence-electron chi connectivity index (χ1n) is 6.54. The van der Waals surface area contributed by atoms with Crippen LogP contribution in [0.25, 0.3) is 11.4 Å². The SMILES string of the molecule is CCNc1nc(-c2ccoc2)nc2c1CCCC2. The summed E-state index contributed by atoms with van der Waals surface area (Å²) in [6, 6.07) is 1.90. The lowest BCUT2D eigenvalue weighted by molar-refractivity contribution is 0.568. The molecule has 0 radical (unpaired) electrons. The lowest BCUT2D eigenvalue weighted by atomic mass is 9.96. The maximum absolute atomic E-state index is 5.11. The third kappa shape index (κ3) is 1.98. The van der Waals surface area contributed by atoms with Gasteiger partial charge >= 0.3 is 0 Å². The van der Waals surface area contributed by atoms with E-state index in [4.69, 9.17) is 4.42 Å². The van der Waals surface area contributed by atoms with Crippen molar-refractivity contribution < 1.29 is 4.42 Å². The van der Waals surface area contributed by atoms with Gasteiger partial charge in [0, 0.05) is 17.8 Å². The highest BCUT2D eigenvalue weighted by Crippen LogP contribution is 2.28. The predicted octanol–water partition coefficient (Wildman–Crippen LogP) is 3.05. The molecule has 0 amide bonds. The summed E-state index contributed by atoms with van der Waals surface area (Å²) in [5.74, 6) is 1.76. The van der Waals surface area contributed by atoms with E-state index in [9.17, 15) is 0 Å². The zero-order valence-corrected chi connectivity index (χ0v) is 10.6. The van der Waals surface area contributed by atoms with Crippen molar-refractivity contribution in [3.63, 3.8) is 0 Å². The van der Waals surface area contributed by atoms with Crippen LogP contribution in [0.4, 0.5) is 5.82 Å². The molecule has 0 spiro atoms. The number of anilines is 1. The Bertz CT molecular complexity index is 534. The van der Waals surface area contributed by atoms with Gasteiger partial charge in [0.15, 0.2) is 5.82 Å². The summed E-state index contributed by atoms with van der Waals surface area (Å²) in [6.45, 7) is 2.98. The monoisotopic (exact) mass is 243 g/mol. The smallest absolute Gasteiger partial charge is 0.165 e. The fraction of sp³-hybridized carbons (Fsp3) is 0.429. The minimum Gasteiger partial charge on any atom is -0.472 e. The number of fused-ring (bicyclic) bond motifs is 1. The number of nitrogens with zero attached hydrogens (tertiary/aromatic N) is 2. The Hall–Kier alpha value is -1.84. The molecule has 1 N–H and O–H groups in total. The van der Waals surface area contributed by atoms with Gasteiger partial charge in [-0.2, -0.15) is 0 Å². The third-order valence-electron chi connectivity index (χ3n) is 3.31. The van der Waals surface area contributed by atoms with Gasteiger partial charge in [0.05, 0.1) is 11.8 Å². The molecule has 0 bridgehead atoms. The zero-order valence-electron chi connectivity index (χ0n) is 10.6. The van der Waals surface area contributed by atoms with Crippen molar-refractivity contribution in [1.29, 1.82) is 0 Å². The molecule has 0 unspecified atom stereocenters. The summed E-state index contributed by atoms with van der Waals surface area (Å²) in [4.78, 5) is 9.32. The minimum atomic E-state index is 0.764. The molecular weight excluding hydrogens is 226 g/mol. The molecule has 2 aromatic rings. The number of hydrogen-bond acceptors (Lipinski definition) is 4. The van der Waals surface area contributed by atoms with Crippen molar-refractivity contribution in [2.45, 2.75) is 32.6 Å². The van der Waals surface area contributed by atoms with E-state index in [0.717, 1.165) is 36.6 Å². The van der Waals surface area contributed by atoms with E-state index in [-0.39, 0.29) is 0 Å². The molecule has 0 aliphatic heterocycles. The van der Waals surface area contributed by atoms with Gasteiger partial charge in [-0.15, -0.1) is 0 Å². The molecule has 1 aliphatic rings. The molecule has 3 rings (SSSR count). The summed E-state index contributed by atoms with van der Waals surface area (Å²) < 4.78 is 5.11. The summed E-state index contributed by atoms with van der Waals surface area (Å²) in [5.41, 5.74) is 3.45. The Kier molecular flexibility index (Phi) is 3.00. The van der Waals surface area contributed by atoms with Crippen LogP contribution in [0.5, 0.6) is 0 Å². The quantitative estimate of drug-likeness (QED) is 0.900. The van der Waals surface area contributed by atoms with Crippen LogP contribution in [0.15, 0.2) is 23.0 Å². The molecule has 4 heteroatoms. The molecule has 0 aromatic carbocycles. The predicted molar refractivity (Wildman–Crippen MR) is 70.5 cm³/mol. The number of nitrogens with one attached hydrogen (secondary N) is 1. The topological polar surface area (TPSA) is 51.0 Å². The normalized spacial score (nSPS) is 14.3. The average molecular weight is 243 g/mol. The Labute approximate surface area is 106 Å². The molecule has 0 fully saturated rings. The Morgan fingerprint density at radius 3 is 2.94 bits per heavy atom. The van der Waals surface area contributed by atoms with Crippen molar-refractivity contribution in [3.8, 4) is 11.4 Å². The second-order valence-electron chi connectivity index (χ2n) is 4.57. The molecule has 2 heterocycles. The van der Waals surface area contributed by atoms with Gasteiger partial charge in [-0.3, -0.25) is 0 Å². The van der Waals surface area contributed by atoms with Crippen LogP contribution in [0.3, 0.4) is 0 Å². The minimum absolute atomic E-state index is 0.764. The fourth-order valence-electron chi connectivity index (χ4n) is 2.43. The Morgan fingerprint density at radius 1 is 1.28 bits per heavy atom. The maximum atomic E-state index is 5.11. The number of aromatic nitrogens is 2.